The summed E-state index contributed by atoms with van der Waals surface area (Å²) in [5, 5.41) is 16.2. The molecule has 162 valence electrons. The number of carbonyl (C=O) groups is 2. The Morgan fingerprint density at radius 1 is 1.12 bits per heavy atom. The second-order valence-corrected chi connectivity index (χ2v) is 8.73. The molecule has 4 aliphatic carbocycles. The number of methoxy groups -OCH3 is 1. The number of nitrogens with zero attached hydrogens (tertiary/aromatic N) is 3. The second-order valence-electron chi connectivity index (χ2n) is 8.73. The predicted octanol–water partition coefficient (Wildman–Crippen LogP) is 3.25. The van der Waals surface area contributed by atoms with E-state index < -0.39 is 4.92 Å². The molecule has 1 saturated heterocycles. The highest BCUT2D eigenvalue weighted by molar-refractivity contribution is 6.06. The molecule has 1 aromatic heterocycles. The number of hydrogen-bond acceptors (Lipinski definition) is 7. The van der Waals surface area contributed by atoms with Gasteiger partial charge in [-0.2, -0.15) is 10.1 Å². The van der Waals surface area contributed by atoms with E-state index in [9.17, 15) is 19.7 Å². The maximum atomic E-state index is 13.0. The summed E-state index contributed by atoms with van der Waals surface area (Å²) in [6, 6.07) is 7.56. The number of nitro benzene ring substituents is 1. The molecule has 6 unspecified atom stereocenters. The molecule has 0 spiro atoms. The fourth-order valence-electron chi connectivity index (χ4n) is 5.73. The number of hydrogen-bond donors (Lipinski definition) is 0. The highest BCUT2D eigenvalue weighted by atomic mass is 16.6. The Morgan fingerprint density at radius 3 is 2.44 bits per heavy atom. The molecule has 9 heteroatoms. The van der Waals surface area contributed by atoms with E-state index in [-0.39, 0.29) is 41.2 Å². The van der Waals surface area contributed by atoms with E-state index in [2.05, 4.69) is 17.3 Å². The van der Waals surface area contributed by atoms with Gasteiger partial charge in [0.2, 0.25) is 0 Å². The van der Waals surface area contributed by atoms with Gasteiger partial charge in [0.25, 0.3) is 17.5 Å². The van der Waals surface area contributed by atoms with E-state index in [1.54, 1.807) is 18.2 Å². The Labute approximate surface area is 182 Å². The van der Waals surface area contributed by atoms with Crippen molar-refractivity contribution in [2.75, 3.05) is 7.11 Å². The Balaban J connectivity index is 1.24. The number of imide groups is 1. The minimum atomic E-state index is -0.501. The average molecular weight is 433 g/mol. The van der Waals surface area contributed by atoms with E-state index in [0.717, 1.165) is 11.4 Å². The third-order valence-electron chi connectivity index (χ3n) is 7.23. The molecule has 0 N–H and O–H groups in total. The minimum Gasteiger partial charge on any atom is -0.496 e. The third-order valence-corrected chi connectivity index (χ3v) is 7.23. The largest absolute Gasteiger partial charge is 0.496 e. The molecule has 2 amide bonds. The number of allylic oxidation sites excluding steroid dienone is 2. The Kier molecular flexibility index (Phi) is 3.93. The van der Waals surface area contributed by atoms with Crippen molar-refractivity contribution in [1.29, 1.82) is 0 Å². The zero-order valence-corrected chi connectivity index (χ0v) is 17.1. The molecule has 3 fully saturated rings. The fourth-order valence-corrected chi connectivity index (χ4v) is 5.73. The van der Waals surface area contributed by atoms with Crippen molar-refractivity contribution in [2.24, 2.45) is 40.6 Å². The molecule has 7 rings (SSSR count). The topological polar surface area (TPSA) is 115 Å². The second kappa shape index (κ2) is 6.62. The number of non-ortho nitro benzene ring substituents is 1. The summed E-state index contributed by atoms with van der Waals surface area (Å²) in [4.78, 5) is 36.4. The molecule has 2 heterocycles. The van der Waals surface area contributed by atoms with Gasteiger partial charge in [0.1, 0.15) is 17.3 Å². The van der Waals surface area contributed by atoms with E-state index >= 15 is 0 Å². The Morgan fingerprint density at radius 2 is 1.81 bits per heavy atom. The molecule has 1 aromatic carbocycles. The molecule has 2 saturated carbocycles. The smallest absolute Gasteiger partial charge is 0.273 e. The SMILES string of the molecule is COc1cc([N+](=O)[O-])ccc1-c1ccc(/C=N/N2C(=O)C3C4C=CC(C5CC45)C3C2=O)o1. The van der Waals surface area contributed by atoms with Crippen molar-refractivity contribution >= 4 is 23.7 Å². The van der Waals surface area contributed by atoms with Crippen molar-refractivity contribution in [3.63, 3.8) is 0 Å². The monoisotopic (exact) mass is 433 g/mol. The normalized spacial score (nSPS) is 31.8. The lowest BCUT2D eigenvalue weighted by molar-refractivity contribution is -0.384. The van der Waals surface area contributed by atoms with Gasteiger partial charge in [-0.15, -0.1) is 0 Å². The summed E-state index contributed by atoms with van der Waals surface area (Å²) < 4.78 is 11.0. The van der Waals surface area contributed by atoms with Crippen LogP contribution < -0.4 is 4.74 Å². The van der Waals surface area contributed by atoms with E-state index in [1.165, 1.54) is 25.5 Å². The van der Waals surface area contributed by atoms with Crippen LogP contribution in [0.1, 0.15) is 12.2 Å². The van der Waals surface area contributed by atoms with Crippen molar-refractivity contribution in [1.82, 2.24) is 5.01 Å². The first-order valence-corrected chi connectivity index (χ1v) is 10.5. The first-order chi connectivity index (χ1) is 15.5. The number of amides is 2. The van der Waals surface area contributed by atoms with Crippen LogP contribution >= 0.6 is 0 Å². The van der Waals surface area contributed by atoms with Crippen molar-refractivity contribution in [3.05, 3.63) is 58.4 Å². The number of hydrazone groups is 1. The number of rotatable bonds is 5. The van der Waals surface area contributed by atoms with Crippen LogP contribution in [-0.2, 0) is 9.59 Å². The summed E-state index contributed by atoms with van der Waals surface area (Å²) in [6.07, 6.45) is 6.70. The number of carbonyl (C=O) groups excluding carboxylic acids is 2. The van der Waals surface area contributed by atoms with E-state index in [4.69, 9.17) is 9.15 Å². The molecule has 2 bridgehead atoms. The van der Waals surface area contributed by atoms with Crippen molar-refractivity contribution in [2.45, 2.75) is 6.42 Å². The lowest BCUT2D eigenvalue weighted by Gasteiger charge is -2.37. The molecule has 6 atom stereocenters. The number of benzene rings is 1. The molecule has 32 heavy (non-hydrogen) atoms. The fraction of sp³-hybridized carbons (Fsp3) is 0.348. The maximum Gasteiger partial charge on any atom is 0.273 e. The first kappa shape index (κ1) is 19.0. The zero-order chi connectivity index (χ0) is 22.1. The van der Waals surface area contributed by atoms with E-state index in [1.807, 2.05) is 0 Å². The Hall–Kier alpha value is -3.75. The summed E-state index contributed by atoms with van der Waals surface area (Å²) >= 11 is 0. The van der Waals surface area contributed by atoms with Crippen LogP contribution in [0.5, 0.6) is 5.75 Å². The highest BCUT2D eigenvalue weighted by Crippen LogP contribution is 2.65. The number of nitro groups is 1. The van der Waals surface area contributed by atoms with Gasteiger partial charge in [0.15, 0.2) is 0 Å². The molecule has 2 aromatic rings. The van der Waals surface area contributed by atoms with E-state index in [0.29, 0.717) is 34.7 Å². The van der Waals surface area contributed by atoms with Crippen LogP contribution in [-0.4, -0.2) is 35.1 Å². The van der Waals surface area contributed by atoms with Crippen molar-refractivity contribution < 1.29 is 23.7 Å². The van der Waals surface area contributed by atoms with Crippen LogP contribution in [0.25, 0.3) is 11.3 Å². The molecule has 5 aliphatic rings. The molecular formula is C23H19N3O6. The summed E-state index contributed by atoms with van der Waals surface area (Å²) in [5.74, 6) is 1.39. The number of ether oxygens (including phenoxy) is 1. The summed E-state index contributed by atoms with van der Waals surface area (Å²) in [6.45, 7) is 0. The van der Waals surface area contributed by atoms with Gasteiger partial charge < -0.3 is 9.15 Å². The van der Waals surface area contributed by atoms with Gasteiger partial charge in [0, 0.05) is 6.07 Å². The minimum absolute atomic E-state index is 0.0902. The molecule has 9 nitrogen and oxygen atoms in total. The molecule has 0 radical (unpaired) electrons. The average Bonchev–Trinajstić information content (AvgIpc) is 3.44. The summed E-state index contributed by atoms with van der Waals surface area (Å²) in [7, 11) is 1.42. The van der Waals surface area contributed by atoms with Crippen LogP contribution in [0.3, 0.4) is 0 Å². The zero-order valence-electron chi connectivity index (χ0n) is 17.1. The third kappa shape index (κ3) is 2.60. The lowest BCUT2D eigenvalue weighted by Crippen LogP contribution is -2.40. The molecule has 1 aliphatic heterocycles. The number of furan rings is 1. The van der Waals surface area contributed by atoms with Crippen molar-refractivity contribution in [3.8, 4) is 17.1 Å². The predicted molar refractivity (Wildman–Crippen MR) is 111 cm³/mol. The standard InChI is InChI=1S/C23H19N3O6/c1-31-19-8-11(26(29)30)2-4-15(19)18-7-3-12(32-18)10-24-25-22(27)20-13-5-6-14(17-9-16(13)17)21(20)23(25)28/h2-8,10,13-14,16-17,20-21H,9H2,1H3/b24-10+. The van der Waals surface area contributed by atoms with Gasteiger partial charge in [-0.1, -0.05) is 12.2 Å². The Bertz CT molecular complexity index is 1190. The van der Waals surface area contributed by atoms with Crippen LogP contribution in [0.15, 0.2) is 52.0 Å². The van der Waals surface area contributed by atoms with Crippen LogP contribution in [0, 0.1) is 45.6 Å². The van der Waals surface area contributed by atoms with Gasteiger partial charge in [-0.25, -0.2) is 0 Å². The molecular weight excluding hydrogens is 414 g/mol. The van der Waals surface area contributed by atoms with Crippen LogP contribution in [0.4, 0.5) is 5.69 Å². The van der Waals surface area contributed by atoms with Crippen LogP contribution in [0.2, 0.25) is 0 Å². The van der Waals surface area contributed by atoms with Gasteiger partial charge in [-0.05, 0) is 48.3 Å². The quantitative estimate of drug-likeness (QED) is 0.235. The van der Waals surface area contributed by atoms with Gasteiger partial charge in [0.05, 0.1) is 41.7 Å². The van der Waals surface area contributed by atoms with Gasteiger partial charge in [-0.3, -0.25) is 19.7 Å². The lowest BCUT2D eigenvalue weighted by atomic mass is 9.63. The first-order valence-electron chi connectivity index (χ1n) is 10.5. The highest BCUT2D eigenvalue weighted by Gasteiger charge is 2.67. The van der Waals surface area contributed by atoms with Gasteiger partial charge >= 0.3 is 0 Å². The maximum absolute atomic E-state index is 13.0. The summed E-state index contributed by atoms with van der Waals surface area (Å²) in [5.41, 5.74) is 0.450.